The molecule has 3 heterocycles. The molecule has 0 saturated carbocycles. The van der Waals surface area contributed by atoms with Crippen molar-refractivity contribution in [3.8, 4) is 0 Å². The number of ether oxygens (including phenoxy) is 1. The molecule has 43 heavy (non-hydrogen) atoms. The molecule has 6 nitrogen and oxygen atoms in total. The molecule has 2 aliphatic heterocycles. The summed E-state index contributed by atoms with van der Waals surface area (Å²) >= 11 is 3.23. The van der Waals surface area contributed by atoms with Gasteiger partial charge in [-0.25, -0.2) is 18.0 Å². The molecular formula is C31H21F3N2O4S3. The molecule has 218 valence electrons. The Balaban J connectivity index is 1.33. The summed E-state index contributed by atoms with van der Waals surface area (Å²) in [5.74, 6) is -5.28. The van der Waals surface area contributed by atoms with Crippen LogP contribution in [0.4, 0.5) is 13.2 Å². The van der Waals surface area contributed by atoms with E-state index in [2.05, 4.69) is 0 Å². The maximum absolute atomic E-state index is 14.4. The van der Waals surface area contributed by atoms with E-state index in [1.807, 2.05) is 60.7 Å². The van der Waals surface area contributed by atoms with Gasteiger partial charge in [0, 0.05) is 17.2 Å². The van der Waals surface area contributed by atoms with Crippen LogP contribution >= 0.6 is 34.9 Å². The van der Waals surface area contributed by atoms with Crippen molar-refractivity contribution in [1.82, 2.24) is 4.90 Å². The lowest BCUT2D eigenvalue weighted by molar-refractivity contribution is -0.153. The van der Waals surface area contributed by atoms with Crippen LogP contribution in [0.5, 0.6) is 0 Å². The van der Waals surface area contributed by atoms with Gasteiger partial charge in [0.2, 0.25) is 5.91 Å². The molecule has 12 heteroatoms. The number of nitrogens with two attached hydrogens (primary N) is 1. The summed E-state index contributed by atoms with van der Waals surface area (Å²) in [6.07, 6.45) is 0.875. The number of carbonyl (C=O) groups excluding carboxylic acids is 2. The van der Waals surface area contributed by atoms with Gasteiger partial charge in [-0.15, -0.1) is 23.1 Å². The first-order chi connectivity index (χ1) is 20.7. The summed E-state index contributed by atoms with van der Waals surface area (Å²) in [6, 6.07) is 19.6. The van der Waals surface area contributed by atoms with E-state index in [0.717, 1.165) is 34.2 Å². The van der Waals surface area contributed by atoms with E-state index in [4.69, 9.17) is 10.5 Å². The maximum atomic E-state index is 14.4. The Bertz CT molecular complexity index is 1830. The monoisotopic (exact) mass is 638 g/mol. The molecule has 1 amide bonds. The van der Waals surface area contributed by atoms with Crippen LogP contribution in [0.25, 0.3) is 10.1 Å². The van der Waals surface area contributed by atoms with Gasteiger partial charge in [0.1, 0.15) is 17.1 Å². The lowest BCUT2D eigenvalue weighted by atomic mass is 10.0. The highest BCUT2D eigenvalue weighted by Crippen LogP contribution is 2.41. The highest BCUT2D eigenvalue weighted by molar-refractivity contribution is 8.04. The zero-order chi connectivity index (χ0) is 30.2. The molecule has 2 N–H and O–H groups in total. The number of carbonyl (C=O) groups is 2. The fourth-order valence-corrected chi connectivity index (χ4v) is 8.05. The Hall–Kier alpha value is -3.84. The smallest absolute Gasteiger partial charge is 0.356 e. The van der Waals surface area contributed by atoms with Crippen LogP contribution in [-0.2, 0) is 14.3 Å². The van der Waals surface area contributed by atoms with Crippen molar-refractivity contribution < 1.29 is 27.5 Å². The fraction of sp³-hybridized carbons (Fsp3) is 0.129. The van der Waals surface area contributed by atoms with Gasteiger partial charge in [-0.2, -0.15) is 0 Å². The maximum Gasteiger partial charge on any atom is 0.356 e. The molecule has 0 unspecified atom stereocenters. The second-order valence-corrected chi connectivity index (χ2v) is 13.0. The third-order valence-electron chi connectivity index (χ3n) is 6.95. The number of hydrogen-bond donors (Lipinski definition) is 1. The third kappa shape index (κ3) is 5.51. The van der Waals surface area contributed by atoms with E-state index in [-0.39, 0.29) is 15.8 Å². The van der Waals surface area contributed by atoms with Gasteiger partial charge in [-0.1, -0.05) is 72.4 Å². The molecule has 3 aromatic carbocycles. The van der Waals surface area contributed by atoms with Crippen molar-refractivity contribution in [2.24, 2.45) is 5.73 Å². The van der Waals surface area contributed by atoms with Crippen LogP contribution in [0.2, 0.25) is 0 Å². The normalized spacial score (nSPS) is 18.3. The Morgan fingerprint density at radius 2 is 1.65 bits per heavy atom. The predicted octanol–water partition coefficient (Wildman–Crippen LogP) is 6.11. The summed E-state index contributed by atoms with van der Waals surface area (Å²) < 4.78 is 47.9. The van der Waals surface area contributed by atoms with Gasteiger partial charge >= 0.3 is 5.97 Å². The van der Waals surface area contributed by atoms with Crippen molar-refractivity contribution >= 4 is 56.8 Å². The van der Waals surface area contributed by atoms with E-state index in [1.165, 1.54) is 22.7 Å². The minimum Gasteiger partial charge on any atom is -0.448 e. The number of amides is 1. The minimum atomic E-state index is -1.65. The SMILES string of the molecule is N[C@@H]1C(=O)N2C(C(=O)OC(c3ccccc3)c3ccccc3)=C(/C=C/Sc3cc(=O)c4cc(F)c(F)c(F)c4s3)CS[C@H]12. The highest BCUT2D eigenvalue weighted by Gasteiger charge is 2.52. The molecule has 6 rings (SSSR count). The molecular weight excluding hydrogens is 618 g/mol. The number of β-lactam (4-membered cyclic amide) rings is 1. The molecule has 1 aromatic heterocycles. The largest absolute Gasteiger partial charge is 0.448 e. The van der Waals surface area contributed by atoms with Crippen molar-refractivity contribution in [3.05, 3.63) is 134 Å². The highest BCUT2D eigenvalue weighted by atomic mass is 32.2. The predicted molar refractivity (Wildman–Crippen MR) is 162 cm³/mol. The van der Waals surface area contributed by atoms with Crippen LogP contribution in [-0.4, -0.2) is 33.9 Å². The van der Waals surface area contributed by atoms with Gasteiger partial charge in [-0.3, -0.25) is 14.5 Å². The zero-order valence-electron chi connectivity index (χ0n) is 22.0. The Kier molecular flexibility index (Phi) is 8.19. The van der Waals surface area contributed by atoms with Crippen LogP contribution in [0, 0.1) is 17.5 Å². The topological polar surface area (TPSA) is 89.7 Å². The van der Waals surface area contributed by atoms with E-state index in [9.17, 15) is 27.6 Å². The van der Waals surface area contributed by atoms with Crippen molar-refractivity contribution in [2.45, 2.75) is 21.7 Å². The van der Waals surface area contributed by atoms with Crippen molar-refractivity contribution in [3.63, 3.8) is 0 Å². The number of hydrogen-bond acceptors (Lipinski definition) is 8. The molecule has 0 radical (unpaired) electrons. The van der Waals surface area contributed by atoms with Crippen molar-refractivity contribution in [1.29, 1.82) is 0 Å². The lowest BCUT2D eigenvalue weighted by Gasteiger charge is -2.48. The number of benzene rings is 3. The average molecular weight is 639 g/mol. The quantitative estimate of drug-likeness (QED) is 0.113. The summed E-state index contributed by atoms with van der Waals surface area (Å²) in [4.78, 5) is 40.5. The number of rotatable bonds is 7. The number of fused-ring (bicyclic) bond motifs is 2. The third-order valence-corrected chi connectivity index (χ3v) is 10.4. The number of esters is 1. The molecule has 1 fully saturated rings. The molecule has 1 saturated heterocycles. The van der Waals surface area contributed by atoms with E-state index >= 15 is 0 Å². The van der Waals surface area contributed by atoms with E-state index in [0.29, 0.717) is 21.6 Å². The lowest BCUT2D eigenvalue weighted by Crippen LogP contribution is -2.68. The first kappa shape index (κ1) is 29.2. The standard InChI is InChI=1S/C31H21F3N2O4S3/c32-20-13-19-21(37)14-22(43-28(19)24(34)23(20)33)41-12-11-18-15-42-30-25(35)29(38)36(30)26(18)31(39)40-27(16-7-3-1-4-8-16)17-9-5-2-6-10-17/h1-14,25,27,30H,15,35H2/b12-11+/t25-,30-/m1/s1. The van der Waals surface area contributed by atoms with Crippen LogP contribution in [0.3, 0.4) is 0 Å². The number of allylic oxidation sites excluding steroid dienone is 1. The molecule has 0 aliphatic carbocycles. The minimum absolute atomic E-state index is 0.0689. The van der Waals surface area contributed by atoms with Gasteiger partial charge in [0.05, 0.1) is 8.91 Å². The summed E-state index contributed by atoms with van der Waals surface area (Å²) in [6.45, 7) is 0. The Morgan fingerprint density at radius 1 is 1.00 bits per heavy atom. The zero-order valence-corrected chi connectivity index (χ0v) is 24.5. The number of halogens is 3. The van der Waals surface area contributed by atoms with Crippen LogP contribution in [0.15, 0.2) is 105 Å². The molecule has 2 aliphatic rings. The second kappa shape index (κ2) is 12.0. The van der Waals surface area contributed by atoms with E-state index in [1.54, 1.807) is 11.5 Å². The first-order valence-electron chi connectivity index (χ1n) is 12.9. The molecule has 2 atom stereocenters. The van der Waals surface area contributed by atoms with Gasteiger partial charge in [0.15, 0.2) is 29.0 Å². The summed E-state index contributed by atoms with van der Waals surface area (Å²) in [5, 5.41) is 0.904. The Labute approximate surface area is 256 Å². The molecule has 0 bridgehead atoms. The van der Waals surface area contributed by atoms with Crippen LogP contribution in [0.1, 0.15) is 17.2 Å². The summed E-state index contributed by atoms with van der Waals surface area (Å²) in [5.41, 5.74) is 7.42. The molecule has 0 spiro atoms. The Morgan fingerprint density at radius 3 is 2.30 bits per heavy atom. The number of nitrogens with zero attached hydrogens (tertiary/aromatic N) is 1. The molecule has 4 aromatic rings. The van der Waals surface area contributed by atoms with Gasteiger partial charge in [-0.05, 0) is 34.3 Å². The van der Waals surface area contributed by atoms with Crippen molar-refractivity contribution in [2.75, 3.05) is 5.75 Å². The number of thioether (sulfide) groups is 2. The van der Waals surface area contributed by atoms with E-state index < -0.39 is 52.3 Å². The summed E-state index contributed by atoms with van der Waals surface area (Å²) in [7, 11) is 0. The first-order valence-corrected chi connectivity index (χ1v) is 15.7. The average Bonchev–Trinajstić information content (AvgIpc) is 3.03. The van der Waals surface area contributed by atoms with Crippen LogP contribution < -0.4 is 11.2 Å². The fourth-order valence-electron chi connectivity index (χ4n) is 4.82. The van der Waals surface area contributed by atoms with Gasteiger partial charge < -0.3 is 10.5 Å². The van der Waals surface area contributed by atoms with Gasteiger partial charge in [0.25, 0.3) is 0 Å². The second-order valence-electron chi connectivity index (χ2n) is 9.63.